The second-order valence-corrected chi connectivity index (χ2v) is 9.13. The van der Waals surface area contributed by atoms with Gasteiger partial charge in [0, 0.05) is 60.8 Å². The van der Waals surface area contributed by atoms with E-state index >= 15 is 4.39 Å². The molecule has 2 heterocycles. The van der Waals surface area contributed by atoms with Crippen molar-refractivity contribution in [1.82, 2.24) is 14.9 Å². The molecular weight excluding hydrogens is 483 g/mol. The molecule has 38 heavy (non-hydrogen) atoms. The van der Waals surface area contributed by atoms with Crippen molar-refractivity contribution < 1.29 is 13.9 Å². The standard InChI is InChI=1S/C29H29FN6O2/c1-4-26(37)32-21-7-5-6-19(16-21)27-23(30)10-8-20-18-31-29(34-28(20)27)33-24-11-9-22(17-25(24)38-3)36-14-12-35(2)13-15-36/h4-11,16-18H,1,12-15H2,2-3H3,(H,32,37)(H,31,33,34). The Bertz CT molecular complexity index is 1500. The van der Waals surface area contributed by atoms with Crippen LogP contribution in [0.1, 0.15) is 0 Å². The van der Waals surface area contributed by atoms with Crippen molar-refractivity contribution in [2.45, 2.75) is 0 Å². The molecule has 5 rings (SSSR count). The number of carbonyl (C=O) groups is 1. The maximum absolute atomic E-state index is 15.2. The molecule has 0 spiro atoms. The fourth-order valence-electron chi connectivity index (χ4n) is 4.52. The van der Waals surface area contributed by atoms with Crippen LogP contribution in [0.4, 0.5) is 27.4 Å². The summed E-state index contributed by atoms with van der Waals surface area (Å²) in [4.78, 5) is 25.5. The fourth-order valence-corrected chi connectivity index (χ4v) is 4.52. The first kappa shape index (κ1) is 25.2. The highest BCUT2D eigenvalue weighted by Gasteiger charge is 2.17. The number of carbonyl (C=O) groups excluding carboxylic acids is 1. The first-order chi connectivity index (χ1) is 18.4. The van der Waals surface area contributed by atoms with Crippen LogP contribution in [0.5, 0.6) is 5.75 Å². The molecule has 4 aromatic rings. The number of rotatable bonds is 7. The van der Waals surface area contributed by atoms with E-state index in [1.54, 1.807) is 43.6 Å². The second kappa shape index (κ2) is 10.9. The summed E-state index contributed by atoms with van der Waals surface area (Å²) >= 11 is 0. The molecule has 9 heteroatoms. The molecule has 0 unspecified atom stereocenters. The monoisotopic (exact) mass is 512 g/mol. The summed E-state index contributed by atoms with van der Waals surface area (Å²) < 4.78 is 20.8. The van der Waals surface area contributed by atoms with Crippen LogP contribution < -0.4 is 20.3 Å². The number of hydrogen-bond donors (Lipinski definition) is 2. The molecule has 0 aliphatic carbocycles. The zero-order chi connectivity index (χ0) is 26.6. The molecule has 0 saturated carbocycles. The van der Waals surface area contributed by atoms with Crippen LogP contribution in [0.15, 0.2) is 73.4 Å². The molecule has 1 saturated heterocycles. The quantitative estimate of drug-likeness (QED) is 0.335. The summed E-state index contributed by atoms with van der Waals surface area (Å²) in [7, 11) is 3.75. The molecule has 0 radical (unpaired) electrons. The summed E-state index contributed by atoms with van der Waals surface area (Å²) in [5, 5.41) is 6.63. The normalized spacial score (nSPS) is 13.8. The molecule has 0 bridgehead atoms. The van der Waals surface area contributed by atoms with E-state index in [9.17, 15) is 4.79 Å². The lowest BCUT2D eigenvalue weighted by Gasteiger charge is -2.34. The van der Waals surface area contributed by atoms with E-state index in [-0.39, 0.29) is 5.91 Å². The van der Waals surface area contributed by atoms with Crippen molar-refractivity contribution in [3.8, 4) is 16.9 Å². The Kier molecular flexibility index (Phi) is 7.19. The molecular formula is C29H29FN6O2. The number of fused-ring (bicyclic) bond motifs is 1. The molecule has 194 valence electrons. The van der Waals surface area contributed by atoms with Crippen LogP contribution >= 0.6 is 0 Å². The van der Waals surface area contributed by atoms with Gasteiger partial charge in [-0.15, -0.1) is 0 Å². The van der Waals surface area contributed by atoms with Crippen molar-refractivity contribution >= 4 is 39.8 Å². The van der Waals surface area contributed by atoms with Gasteiger partial charge in [0.2, 0.25) is 11.9 Å². The fraction of sp³-hybridized carbons (Fsp3) is 0.207. The van der Waals surface area contributed by atoms with Gasteiger partial charge in [-0.1, -0.05) is 18.7 Å². The average molecular weight is 513 g/mol. The SMILES string of the molecule is C=CC(=O)Nc1cccc(-c2c(F)ccc3cnc(Nc4ccc(N5CCN(C)CC5)cc4OC)nc23)c1. The Balaban J connectivity index is 1.48. The molecule has 1 amide bonds. The number of nitrogens with one attached hydrogen (secondary N) is 2. The summed E-state index contributed by atoms with van der Waals surface area (Å²) in [6.07, 6.45) is 2.84. The van der Waals surface area contributed by atoms with E-state index in [0.717, 1.165) is 31.9 Å². The van der Waals surface area contributed by atoms with Crippen LogP contribution in [-0.2, 0) is 4.79 Å². The molecule has 0 atom stereocenters. The van der Waals surface area contributed by atoms with Gasteiger partial charge in [0.25, 0.3) is 0 Å². The number of piperazine rings is 1. The lowest BCUT2D eigenvalue weighted by molar-refractivity contribution is -0.111. The highest BCUT2D eigenvalue weighted by Crippen LogP contribution is 2.34. The van der Waals surface area contributed by atoms with E-state index in [1.165, 1.54) is 12.1 Å². The predicted octanol–water partition coefficient (Wildman–Crippen LogP) is 5.06. The van der Waals surface area contributed by atoms with E-state index < -0.39 is 5.82 Å². The van der Waals surface area contributed by atoms with Gasteiger partial charge in [0.15, 0.2) is 0 Å². The topological polar surface area (TPSA) is 82.6 Å². The summed E-state index contributed by atoms with van der Waals surface area (Å²) in [6, 6.07) is 16.0. The van der Waals surface area contributed by atoms with Gasteiger partial charge in [-0.2, -0.15) is 0 Å². The first-order valence-corrected chi connectivity index (χ1v) is 12.3. The van der Waals surface area contributed by atoms with E-state index in [2.05, 4.69) is 44.0 Å². The Hall–Kier alpha value is -4.50. The molecule has 1 fully saturated rings. The number of amides is 1. The van der Waals surface area contributed by atoms with Gasteiger partial charge in [0.1, 0.15) is 11.6 Å². The molecule has 1 aliphatic rings. The maximum atomic E-state index is 15.2. The van der Waals surface area contributed by atoms with Crippen LogP contribution in [-0.4, -0.2) is 61.1 Å². The second-order valence-electron chi connectivity index (χ2n) is 9.13. The van der Waals surface area contributed by atoms with Crippen molar-refractivity contribution in [3.63, 3.8) is 0 Å². The number of ether oxygens (including phenoxy) is 1. The number of benzene rings is 3. The number of hydrogen-bond acceptors (Lipinski definition) is 7. The molecule has 8 nitrogen and oxygen atoms in total. The number of methoxy groups -OCH3 is 1. The maximum Gasteiger partial charge on any atom is 0.247 e. The van der Waals surface area contributed by atoms with Gasteiger partial charge in [-0.25, -0.2) is 14.4 Å². The van der Waals surface area contributed by atoms with Crippen LogP contribution in [0.3, 0.4) is 0 Å². The van der Waals surface area contributed by atoms with Crippen molar-refractivity contribution in [2.75, 3.05) is 55.9 Å². The number of nitrogens with zero attached hydrogens (tertiary/aromatic N) is 4. The lowest BCUT2D eigenvalue weighted by atomic mass is 10.0. The van der Waals surface area contributed by atoms with Crippen LogP contribution in [0, 0.1) is 5.82 Å². The largest absolute Gasteiger partial charge is 0.494 e. The number of aromatic nitrogens is 2. The Morgan fingerprint density at radius 3 is 2.68 bits per heavy atom. The van der Waals surface area contributed by atoms with E-state index in [0.29, 0.717) is 45.1 Å². The Morgan fingerprint density at radius 1 is 1.11 bits per heavy atom. The number of likely N-dealkylation sites (N-methyl/N-ethyl adjacent to an activating group) is 1. The third-order valence-electron chi connectivity index (χ3n) is 6.61. The Morgan fingerprint density at radius 2 is 1.92 bits per heavy atom. The molecule has 1 aliphatic heterocycles. The van der Waals surface area contributed by atoms with Gasteiger partial charge in [-0.05, 0) is 55.1 Å². The predicted molar refractivity (Wildman–Crippen MR) is 150 cm³/mol. The number of anilines is 4. The highest BCUT2D eigenvalue weighted by molar-refractivity contribution is 6.00. The zero-order valence-corrected chi connectivity index (χ0v) is 21.4. The molecule has 2 N–H and O–H groups in total. The van der Waals surface area contributed by atoms with E-state index in [1.807, 2.05) is 18.2 Å². The minimum absolute atomic E-state index is 0.311. The molecule has 1 aromatic heterocycles. The minimum atomic E-state index is -0.427. The zero-order valence-electron chi connectivity index (χ0n) is 21.4. The average Bonchev–Trinajstić information content (AvgIpc) is 2.93. The van der Waals surface area contributed by atoms with Crippen LogP contribution in [0.2, 0.25) is 0 Å². The lowest BCUT2D eigenvalue weighted by Crippen LogP contribution is -2.44. The van der Waals surface area contributed by atoms with Gasteiger partial charge in [-0.3, -0.25) is 4.79 Å². The van der Waals surface area contributed by atoms with Gasteiger partial charge in [0.05, 0.1) is 18.3 Å². The smallest absolute Gasteiger partial charge is 0.247 e. The number of halogens is 1. The van der Waals surface area contributed by atoms with E-state index in [4.69, 9.17) is 4.74 Å². The van der Waals surface area contributed by atoms with Crippen molar-refractivity contribution in [1.29, 1.82) is 0 Å². The van der Waals surface area contributed by atoms with Crippen LogP contribution in [0.25, 0.3) is 22.0 Å². The third kappa shape index (κ3) is 5.28. The first-order valence-electron chi connectivity index (χ1n) is 12.3. The highest BCUT2D eigenvalue weighted by atomic mass is 19.1. The van der Waals surface area contributed by atoms with Crippen molar-refractivity contribution in [2.24, 2.45) is 0 Å². The summed E-state index contributed by atoms with van der Waals surface area (Å²) in [5.74, 6) is 0.201. The third-order valence-corrected chi connectivity index (χ3v) is 6.61. The Labute approximate surface area is 220 Å². The van der Waals surface area contributed by atoms with Gasteiger partial charge >= 0.3 is 0 Å². The summed E-state index contributed by atoms with van der Waals surface area (Å²) in [6.45, 7) is 7.39. The van der Waals surface area contributed by atoms with Gasteiger partial charge < -0.3 is 25.2 Å². The molecule has 3 aromatic carbocycles. The van der Waals surface area contributed by atoms with Crippen molar-refractivity contribution in [3.05, 3.63) is 79.3 Å². The summed E-state index contributed by atoms with van der Waals surface area (Å²) in [5.41, 5.74) is 3.67. The minimum Gasteiger partial charge on any atom is -0.494 e.